The lowest BCUT2D eigenvalue weighted by atomic mass is 9.92. The molecule has 4 bridgehead atoms. The van der Waals surface area contributed by atoms with E-state index in [1.165, 1.54) is 26.5 Å². The van der Waals surface area contributed by atoms with Gasteiger partial charge in [0.15, 0.2) is 0 Å². The quantitative estimate of drug-likeness (QED) is 0.170. The Bertz CT molecular complexity index is 1390. The highest BCUT2D eigenvalue weighted by Crippen LogP contribution is 2.39. The van der Waals surface area contributed by atoms with Crippen LogP contribution in [-0.2, 0) is 35.2 Å². The lowest BCUT2D eigenvalue weighted by molar-refractivity contribution is -0.127. The van der Waals surface area contributed by atoms with Gasteiger partial charge in [-0.1, -0.05) is 46.8 Å². The normalized spacial score (nSPS) is 13.9. The fraction of sp³-hybridized carbons (Fsp3) is 0.550. The topological polar surface area (TPSA) is 221 Å². The van der Waals surface area contributed by atoms with Crippen LogP contribution in [0.15, 0.2) is 36.4 Å². The molecule has 0 fully saturated rings. The van der Waals surface area contributed by atoms with E-state index >= 15 is 0 Å². The van der Waals surface area contributed by atoms with E-state index in [4.69, 9.17) is 20.9 Å². The van der Waals surface area contributed by atoms with Crippen molar-refractivity contribution in [2.75, 3.05) is 57.9 Å². The maximum absolute atomic E-state index is 12.7. The number of nitrogens with one attached hydrogen (secondary N) is 4. The molecule has 312 valence electrons. The van der Waals surface area contributed by atoms with E-state index in [1.807, 2.05) is 89.7 Å². The van der Waals surface area contributed by atoms with Crippen molar-refractivity contribution in [2.24, 2.45) is 11.5 Å². The van der Waals surface area contributed by atoms with Gasteiger partial charge in [0.1, 0.15) is 36.3 Å². The Morgan fingerprint density at radius 3 is 1.80 bits per heavy atom. The minimum Gasteiger partial charge on any atom is -0.492 e. The molecule has 14 nitrogen and oxygen atoms in total. The third-order valence-corrected chi connectivity index (χ3v) is 7.24. The van der Waals surface area contributed by atoms with E-state index in [-0.39, 0.29) is 55.0 Å². The Hall–Kier alpha value is -4.47. The summed E-state index contributed by atoms with van der Waals surface area (Å²) >= 11 is 1.86. The highest BCUT2D eigenvalue weighted by atomic mass is 32.2. The number of ketones is 2. The van der Waals surface area contributed by atoms with Crippen molar-refractivity contribution in [2.45, 2.75) is 87.6 Å². The molecule has 1 aliphatic rings. The van der Waals surface area contributed by atoms with Gasteiger partial charge in [-0.25, -0.2) is 0 Å². The Labute approximate surface area is 333 Å². The largest absolute Gasteiger partial charge is 0.492 e. The summed E-state index contributed by atoms with van der Waals surface area (Å²) < 4.78 is 11.9. The molecule has 0 aromatic heterocycles. The first-order valence-electron chi connectivity index (χ1n) is 18.6. The van der Waals surface area contributed by atoms with Crippen molar-refractivity contribution in [1.82, 2.24) is 21.3 Å². The van der Waals surface area contributed by atoms with Crippen molar-refractivity contribution in [3.63, 3.8) is 0 Å². The number of carbonyl (C=O) groups excluding carboxylic acids is 6. The molecule has 55 heavy (non-hydrogen) atoms. The van der Waals surface area contributed by atoms with Gasteiger partial charge in [-0.2, -0.15) is 11.8 Å². The Balaban J connectivity index is -0.000000961. The predicted molar refractivity (Wildman–Crippen MR) is 225 cm³/mol. The molecule has 8 N–H and O–H groups in total. The lowest BCUT2D eigenvalue weighted by Crippen LogP contribution is -2.42. The first-order chi connectivity index (χ1) is 26.2. The number of rotatable bonds is 12. The van der Waals surface area contributed by atoms with Crippen molar-refractivity contribution in [3.8, 4) is 22.6 Å². The van der Waals surface area contributed by atoms with Crippen LogP contribution in [0, 0.1) is 0 Å². The number of amides is 4. The van der Waals surface area contributed by atoms with Crippen LogP contribution in [-0.4, -0.2) is 99.7 Å². The number of hydrogen-bond donors (Lipinski definition) is 6. The number of hydrogen-bond acceptors (Lipinski definition) is 11. The van der Waals surface area contributed by atoms with Crippen molar-refractivity contribution in [1.29, 1.82) is 0 Å². The molecule has 2 unspecified atom stereocenters. The monoisotopic (exact) mass is 792 g/mol. The maximum Gasteiger partial charge on any atom is 0.239 e. The smallest absolute Gasteiger partial charge is 0.239 e. The van der Waals surface area contributed by atoms with Gasteiger partial charge in [-0.05, 0) is 81.5 Å². The average Bonchev–Trinajstić information content (AvgIpc) is 3.18. The number of nitrogens with two attached hydrogens (primary N) is 2. The van der Waals surface area contributed by atoms with Crippen molar-refractivity contribution >= 4 is 47.5 Å². The predicted octanol–water partition coefficient (Wildman–Crippen LogP) is 3.76. The van der Waals surface area contributed by atoms with Crippen LogP contribution < -0.4 is 42.2 Å². The van der Waals surface area contributed by atoms with Gasteiger partial charge in [-0.3, -0.25) is 28.8 Å². The molecular weight excluding hydrogens is 725 g/mol. The van der Waals surface area contributed by atoms with Crippen LogP contribution in [0.25, 0.3) is 11.1 Å². The molecule has 1 aliphatic heterocycles. The molecule has 2 aromatic carbocycles. The third-order valence-electron chi connectivity index (χ3n) is 6.66. The van der Waals surface area contributed by atoms with Crippen LogP contribution in [0.2, 0.25) is 0 Å². The molecule has 1 heterocycles. The van der Waals surface area contributed by atoms with Gasteiger partial charge in [-0.15, -0.1) is 0 Å². The fourth-order valence-electron chi connectivity index (χ4n) is 4.17. The Morgan fingerprint density at radius 2 is 1.38 bits per heavy atom. The second-order valence-electron chi connectivity index (χ2n) is 11.4. The number of fused-ring (bicyclic) bond motifs is 5. The van der Waals surface area contributed by atoms with Crippen molar-refractivity contribution < 1.29 is 38.2 Å². The first-order valence-corrected chi connectivity index (χ1v) is 20.0. The molecule has 0 radical (unpaired) electrons. The summed E-state index contributed by atoms with van der Waals surface area (Å²) in [5, 5.41) is 10.2. The zero-order valence-corrected chi connectivity index (χ0v) is 35.7. The van der Waals surface area contributed by atoms with Gasteiger partial charge < -0.3 is 42.2 Å². The van der Waals surface area contributed by atoms with Gasteiger partial charge in [0.2, 0.25) is 24.1 Å². The minimum absolute atomic E-state index is 0.0276. The second kappa shape index (κ2) is 35.2. The number of Topliss-reactive ketones (excluding diaryl/α,β-unsaturated/α-hetero) is 2. The van der Waals surface area contributed by atoms with Gasteiger partial charge in [0.25, 0.3) is 0 Å². The summed E-state index contributed by atoms with van der Waals surface area (Å²) in [7, 11) is 0. The average molecular weight is 793 g/mol. The first kappa shape index (κ1) is 54.9. The van der Waals surface area contributed by atoms with E-state index < -0.39 is 5.92 Å². The molecule has 2 aromatic rings. The minimum atomic E-state index is -0.456. The zero-order chi connectivity index (χ0) is 42.8. The molecular formula is C40H68N6O8S. The summed E-state index contributed by atoms with van der Waals surface area (Å²) in [6.45, 7) is 19.8. The third kappa shape index (κ3) is 26.9. The van der Waals surface area contributed by atoms with Crippen LogP contribution in [0.4, 0.5) is 0 Å². The second-order valence-corrected chi connectivity index (χ2v) is 12.5. The summed E-state index contributed by atoms with van der Waals surface area (Å²) in [5.74, 6) is 1.45. The van der Waals surface area contributed by atoms with E-state index in [0.717, 1.165) is 22.3 Å². The highest BCUT2D eigenvalue weighted by Gasteiger charge is 2.21. The standard InChI is InChI=1S/C24H32N4O4.C5H9NO2.C4H7NO2.C3H8S.2C2H6/c1-15-11-17-3-5-21(31-9-7-25)19(12-17)20-13-18(4-6-22(20)32-10-8-26)16(2)24(30)27-14-23(29)28-15;1-4(7)3-6-5(2)8;1-4(7)2-5-3-6;1-3-4-2;2*1-2/h3-6,12-13,15-16H,7-11,14,25-26H2,1-2H3,(H,27,30)(H,28,29);3H2,1-2H3,(H,6,8);3H,2H2,1H3,(H,5,6);3H2,1-2H3;2*1-2H3. The molecule has 3 rings (SSSR count). The van der Waals surface area contributed by atoms with Gasteiger partial charge in [0, 0.05) is 37.2 Å². The fourth-order valence-corrected chi connectivity index (χ4v) is 4.17. The summed E-state index contributed by atoms with van der Waals surface area (Å²) in [5.41, 5.74) is 14.8. The van der Waals surface area contributed by atoms with E-state index in [1.54, 1.807) is 0 Å². The number of benzene rings is 2. The molecule has 0 saturated carbocycles. The molecule has 4 amide bonds. The van der Waals surface area contributed by atoms with E-state index in [0.29, 0.717) is 50.6 Å². The van der Waals surface area contributed by atoms with E-state index in [2.05, 4.69) is 34.4 Å². The molecule has 15 heteroatoms. The lowest BCUT2D eigenvalue weighted by Gasteiger charge is -2.21. The van der Waals surface area contributed by atoms with Crippen molar-refractivity contribution in [3.05, 3.63) is 47.5 Å². The highest BCUT2D eigenvalue weighted by molar-refractivity contribution is 7.98. The molecule has 0 saturated heterocycles. The summed E-state index contributed by atoms with van der Waals surface area (Å²) in [6.07, 6.45) is 3.22. The van der Waals surface area contributed by atoms with Crippen LogP contribution in [0.5, 0.6) is 11.5 Å². The SMILES string of the molecule is CC.CC.CC(=O)CNC(C)=O.CC(=O)CNC=O.CC1Cc2ccc(OCCN)c(c2)-c2cc(ccc2OCCN)C(C)C(=O)NCC(=O)N1.CCSC. The van der Waals surface area contributed by atoms with Gasteiger partial charge in [0.05, 0.1) is 25.6 Å². The Morgan fingerprint density at radius 1 is 0.873 bits per heavy atom. The zero-order valence-electron chi connectivity index (χ0n) is 34.9. The number of ether oxygens (including phenoxy) is 2. The molecule has 0 aliphatic carbocycles. The van der Waals surface area contributed by atoms with Crippen LogP contribution in [0.3, 0.4) is 0 Å². The van der Waals surface area contributed by atoms with Crippen LogP contribution >= 0.6 is 11.8 Å². The maximum atomic E-state index is 12.7. The molecule has 2 atom stereocenters. The molecule has 0 spiro atoms. The van der Waals surface area contributed by atoms with Gasteiger partial charge >= 0.3 is 0 Å². The Kier molecular flexibility index (Phi) is 35.2. The summed E-state index contributed by atoms with van der Waals surface area (Å²) in [4.78, 5) is 64.6. The number of carbonyl (C=O) groups is 6. The van der Waals surface area contributed by atoms with E-state index in [9.17, 15) is 28.8 Å². The number of thioether (sulfide) groups is 1. The van der Waals surface area contributed by atoms with Crippen LogP contribution in [0.1, 0.15) is 86.3 Å². The summed E-state index contributed by atoms with van der Waals surface area (Å²) in [6, 6.07) is 11.5.